The number of sulfonamides is 1. The summed E-state index contributed by atoms with van der Waals surface area (Å²) >= 11 is 0. The molecular weight excluding hydrogens is 377 g/mol. The molecule has 2 aromatic carbocycles. The summed E-state index contributed by atoms with van der Waals surface area (Å²) < 4.78 is 52.0. The standard InChI is InChI=1S/C18H16FNO6S/c19-12-4-3-11-2-1-5-20(15(11)8-12)27(23,24)13-9-14(18(21)22)17-16(10-13)25-6-7-26-17/h3-4,8-10H,1-2,5-7H2,(H,21,22). The van der Waals surface area contributed by atoms with E-state index >= 15 is 0 Å². The van der Waals surface area contributed by atoms with Crippen LogP contribution in [-0.4, -0.2) is 39.3 Å². The number of benzene rings is 2. The molecule has 0 amide bonds. The first-order chi connectivity index (χ1) is 12.9. The maximum Gasteiger partial charge on any atom is 0.339 e. The van der Waals surface area contributed by atoms with E-state index < -0.39 is 21.8 Å². The van der Waals surface area contributed by atoms with Crippen molar-refractivity contribution in [2.75, 3.05) is 24.1 Å². The molecule has 0 spiro atoms. The van der Waals surface area contributed by atoms with Gasteiger partial charge in [-0.1, -0.05) is 6.07 Å². The summed E-state index contributed by atoms with van der Waals surface area (Å²) in [6.45, 7) is 0.543. The molecule has 0 fully saturated rings. The largest absolute Gasteiger partial charge is 0.486 e. The summed E-state index contributed by atoms with van der Waals surface area (Å²) in [7, 11) is -4.11. The molecule has 0 aliphatic carbocycles. The van der Waals surface area contributed by atoms with E-state index in [1.807, 2.05) is 0 Å². The van der Waals surface area contributed by atoms with E-state index in [9.17, 15) is 22.7 Å². The molecule has 0 atom stereocenters. The van der Waals surface area contributed by atoms with Gasteiger partial charge in [-0.25, -0.2) is 17.6 Å². The van der Waals surface area contributed by atoms with Crippen LogP contribution < -0.4 is 13.8 Å². The normalized spacial score (nSPS) is 16.0. The van der Waals surface area contributed by atoms with Crippen molar-refractivity contribution >= 4 is 21.7 Å². The topological polar surface area (TPSA) is 93.1 Å². The highest BCUT2D eigenvalue weighted by Crippen LogP contribution is 2.39. The van der Waals surface area contributed by atoms with Gasteiger partial charge in [-0.15, -0.1) is 0 Å². The van der Waals surface area contributed by atoms with Crippen LogP contribution in [0.4, 0.5) is 10.1 Å². The van der Waals surface area contributed by atoms with Crippen molar-refractivity contribution in [3.8, 4) is 11.5 Å². The number of carbonyl (C=O) groups is 1. The number of carboxylic acid groups (broad SMARTS) is 1. The molecule has 2 aliphatic heterocycles. The van der Waals surface area contributed by atoms with Crippen LogP contribution in [0.5, 0.6) is 11.5 Å². The van der Waals surface area contributed by atoms with Crippen LogP contribution in [0, 0.1) is 5.82 Å². The summed E-state index contributed by atoms with van der Waals surface area (Å²) in [4.78, 5) is 11.3. The number of aryl methyl sites for hydroxylation is 1. The van der Waals surface area contributed by atoms with Crippen LogP contribution in [0.3, 0.4) is 0 Å². The van der Waals surface area contributed by atoms with Crippen LogP contribution >= 0.6 is 0 Å². The van der Waals surface area contributed by atoms with Gasteiger partial charge in [-0.05, 0) is 36.6 Å². The number of halogens is 1. The van der Waals surface area contributed by atoms with Gasteiger partial charge in [0.15, 0.2) is 11.5 Å². The third-order valence-corrected chi connectivity index (χ3v) is 6.35. The molecule has 4 rings (SSSR count). The lowest BCUT2D eigenvalue weighted by atomic mass is 10.0. The van der Waals surface area contributed by atoms with Crippen molar-refractivity contribution in [2.24, 2.45) is 0 Å². The van der Waals surface area contributed by atoms with Gasteiger partial charge in [0.1, 0.15) is 24.6 Å². The van der Waals surface area contributed by atoms with Gasteiger partial charge in [0.05, 0.1) is 10.6 Å². The molecule has 142 valence electrons. The van der Waals surface area contributed by atoms with Crippen LogP contribution in [0.15, 0.2) is 35.2 Å². The molecule has 7 nitrogen and oxygen atoms in total. The highest BCUT2D eigenvalue weighted by Gasteiger charge is 2.32. The fourth-order valence-electron chi connectivity index (χ4n) is 3.33. The Balaban J connectivity index is 1.86. The molecule has 9 heteroatoms. The Morgan fingerprint density at radius 3 is 2.70 bits per heavy atom. The maximum atomic E-state index is 13.7. The molecule has 2 aromatic rings. The summed E-state index contributed by atoms with van der Waals surface area (Å²) in [5, 5.41) is 9.44. The summed E-state index contributed by atoms with van der Waals surface area (Å²) in [6.07, 6.45) is 1.22. The van der Waals surface area contributed by atoms with Gasteiger partial charge in [-0.3, -0.25) is 4.31 Å². The second kappa shape index (κ2) is 6.41. The molecule has 0 radical (unpaired) electrons. The highest BCUT2D eigenvalue weighted by molar-refractivity contribution is 7.92. The lowest BCUT2D eigenvalue weighted by Crippen LogP contribution is -2.35. The van der Waals surface area contributed by atoms with Gasteiger partial charge < -0.3 is 14.6 Å². The van der Waals surface area contributed by atoms with Crippen LogP contribution in [0.1, 0.15) is 22.3 Å². The highest BCUT2D eigenvalue weighted by atomic mass is 32.2. The van der Waals surface area contributed by atoms with Crippen molar-refractivity contribution < 1.29 is 32.2 Å². The van der Waals surface area contributed by atoms with Crippen molar-refractivity contribution in [2.45, 2.75) is 17.7 Å². The van der Waals surface area contributed by atoms with Gasteiger partial charge in [0.25, 0.3) is 10.0 Å². The van der Waals surface area contributed by atoms with Crippen LogP contribution in [0.2, 0.25) is 0 Å². The second-order valence-corrected chi connectivity index (χ2v) is 8.12. The molecule has 0 unspecified atom stereocenters. The number of anilines is 1. The van der Waals surface area contributed by atoms with E-state index in [-0.39, 0.29) is 47.4 Å². The zero-order chi connectivity index (χ0) is 19.2. The Bertz CT molecular complexity index is 1040. The van der Waals surface area contributed by atoms with E-state index in [4.69, 9.17) is 9.47 Å². The molecule has 27 heavy (non-hydrogen) atoms. The number of hydrogen-bond acceptors (Lipinski definition) is 5. The quantitative estimate of drug-likeness (QED) is 0.861. The van der Waals surface area contributed by atoms with E-state index in [1.165, 1.54) is 18.2 Å². The predicted molar refractivity (Wildman–Crippen MR) is 93.6 cm³/mol. The number of hydrogen-bond donors (Lipinski definition) is 1. The summed E-state index contributed by atoms with van der Waals surface area (Å²) in [6, 6.07) is 6.35. The number of nitrogens with zero attached hydrogens (tertiary/aromatic N) is 1. The zero-order valence-corrected chi connectivity index (χ0v) is 15.0. The minimum absolute atomic E-state index is 0.0118. The SMILES string of the molecule is O=C(O)c1cc(S(=O)(=O)N2CCCc3ccc(F)cc32)cc2c1OCCO2. The van der Waals surface area contributed by atoms with E-state index in [2.05, 4.69) is 0 Å². The van der Waals surface area contributed by atoms with Crippen molar-refractivity contribution in [1.29, 1.82) is 0 Å². The Morgan fingerprint density at radius 1 is 1.15 bits per heavy atom. The van der Waals surface area contributed by atoms with Gasteiger partial charge >= 0.3 is 5.97 Å². The Morgan fingerprint density at radius 2 is 1.93 bits per heavy atom. The Hall–Kier alpha value is -2.81. The van der Waals surface area contributed by atoms with E-state index in [0.29, 0.717) is 12.8 Å². The van der Waals surface area contributed by atoms with Crippen LogP contribution in [-0.2, 0) is 16.4 Å². The number of carboxylic acids is 1. The lowest BCUT2D eigenvalue weighted by Gasteiger charge is -2.31. The molecule has 0 aromatic heterocycles. The first-order valence-electron chi connectivity index (χ1n) is 8.36. The molecule has 0 saturated carbocycles. The molecule has 1 N–H and O–H groups in total. The smallest absolute Gasteiger partial charge is 0.339 e. The first kappa shape index (κ1) is 17.6. The summed E-state index contributed by atoms with van der Waals surface area (Å²) in [5.74, 6) is -1.78. The van der Waals surface area contributed by atoms with Crippen molar-refractivity contribution in [1.82, 2.24) is 0 Å². The predicted octanol–water partition coefficient (Wildman–Crippen LogP) is 2.44. The van der Waals surface area contributed by atoms with Crippen molar-refractivity contribution in [3.63, 3.8) is 0 Å². The average Bonchev–Trinajstić information content (AvgIpc) is 2.66. The zero-order valence-electron chi connectivity index (χ0n) is 14.1. The second-order valence-electron chi connectivity index (χ2n) is 6.25. The van der Waals surface area contributed by atoms with Gasteiger partial charge in [0.2, 0.25) is 0 Å². The molecule has 2 aliphatic rings. The third-order valence-electron chi connectivity index (χ3n) is 4.56. The van der Waals surface area contributed by atoms with Gasteiger partial charge in [0, 0.05) is 12.6 Å². The van der Waals surface area contributed by atoms with Crippen molar-refractivity contribution in [3.05, 3.63) is 47.3 Å². The molecular formula is C18H16FNO6S. The monoisotopic (exact) mass is 393 g/mol. The Labute approximate surface area is 155 Å². The fraction of sp³-hybridized carbons (Fsp3) is 0.278. The number of rotatable bonds is 3. The van der Waals surface area contributed by atoms with E-state index in [0.717, 1.165) is 15.9 Å². The molecule has 0 saturated heterocycles. The number of fused-ring (bicyclic) bond motifs is 2. The average molecular weight is 393 g/mol. The maximum absolute atomic E-state index is 13.7. The van der Waals surface area contributed by atoms with Gasteiger partial charge in [-0.2, -0.15) is 0 Å². The third kappa shape index (κ3) is 2.97. The minimum Gasteiger partial charge on any atom is -0.486 e. The number of aromatic carboxylic acids is 1. The number of ether oxygens (including phenoxy) is 2. The lowest BCUT2D eigenvalue weighted by molar-refractivity contribution is 0.0685. The molecule has 0 bridgehead atoms. The first-order valence-corrected chi connectivity index (χ1v) is 9.80. The minimum atomic E-state index is -4.11. The van der Waals surface area contributed by atoms with Crippen LogP contribution in [0.25, 0.3) is 0 Å². The Kier molecular flexibility index (Phi) is 4.18. The van der Waals surface area contributed by atoms with E-state index in [1.54, 1.807) is 6.07 Å². The summed E-state index contributed by atoms with van der Waals surface area (Å²) in [5.41, 5.74) is 0.706. The fourth-order valence-corrected chi connectivity index (χ4v) is 4.90. The molecule has 2 heterocycles.